The van der Waals surface area contributed by atoms with E-state index in [2.05, 4.69) is 32.4 Å². The second kappa shape index (κ2) is 10.5. The van der Waals surface area contributed by atoms with Gasteiger partial charge in [-0.2, -0.15) is 0 Å². The number of hydrogen-bond donors (Lipinski definition) is 2. The summed E-state index contributed by atoms with van der Waals surface area (Å²) in [5.41, 5.74) is 4.30. The highest BCUT2D eigenvalue weighted by Crippen LogP contribution is 2.30. The third-order valence-electron chi connectivity index (χ3n) is 6.46. The largest absolute Gasteiger partial charge is 0.378 e. The fraction of sp³-hybridized carbons (Fsp3) is 0.346. The van der Waals surface area contributed by atoms with E-state index in [1.54, 1.807) is 6.20 Å². The minimum absolute atomic E-state index is 0.0467. The molecule has 2 aliphatic rings. The maximum absolute atomic E-state index is 12.5. The maximum Gasteiger partial charge on any atom is 0.322 e. The highest BCUT2D eigenvalue weighted by molar-refractivity contribution is 6.33. The molecule has 0 spiro atoms. The van der Waals surface area contributed by atoms with E-state index in [1.165, 1.54) is 0 Å². The number of aromatic nitrogens is 2. The number of urea groups is 1. The van der Waals surface area contributed by atoms with Crippen LogP contribution in [0.15, 0.2) is 54.7 Å². The number of rotatable bonds is 5. The standard InChI is InChI=1S/C26H29ClN6O2/c1-18-3-2-12-33(18)26(34)30-20-6-4-19(5-7-20)23-10-11-28-25(31-23)29-21-8-9-24(22(27)17-21)32-13-15-35-16-14-32/h4-11,17-18H,2-3,12-16H2,1H3,(H,30,34)(H,28,29,31)/t18-/m1/s1. The smallest absolute Gasteiger partial charge is 0.322 e. The molecule has 0 aliphatic carbocycles. The van der Waals surface area contributed by atoms with Crippen LogP contribution in [0, 0.1) is 0 Å². The van der Waals surface area contributed by atoms with Gasteiger partial charge in [0.05, 0.1) is 29.6 Å². The molecule has 2 aliphatic heterocycles. The molecule has 2 amide bonds. The number of halogens is 1. The Labute approximate surface area is 210 Å². The van der Waals surface area contributed by atoms with Gasteiger partial charge >= 0.3 is 6.03 Å². The second-order valence-electron chi connectivity index (χ2n) is 8.85. The van der Waals surface area contributed by atoms with Crippen LogP contribution in [0.2, 0.25) is 5.02 Å². The first-order valence-corrected chi connectivity index (χ1v) is 12.3. The van der Waals surface area contributed by atoms with E-state index in [9.17, 15) is 4.79 Å². The number of nitrogens with one attached hydrogen (secondary N) is 2. The predicted molar refractivity (Wildman–Crippen MR) is 140 cm³/mol. The zero-order valence-corrected chi connectivity index (χ0v) is 20.5. The molecule has 0 saturated carbocycles. The molecule has 3 aromatic rings. The summed E-state index contributed by atoms with van der Waals surface area (Å²) >= 11 is 6.56. The van der Waals surface area contributed by atoms with Gasteiger partial charge in [-0.1, -0.05) is 23.7 Å². The van der Waals surface area contributed by atoms with Gasteiger partial charge < -0.3 is 25.2 Å². The molecule has 35 heavy (non-hydrogen) atoms. The number of benzene rings is 2. The van der Waals surface area contributed by atoms with Crippen molar-refractivity contribution >= 4 is 40.6 Å². The average Bonchev–Trinajstić information content (AvgIpc) is 3.31. The van der Waals surface area contributed by atoms with Gasteiger partial charge in [-0.3, -0.25) is 0 Å². The van der Waals surface area contributed by atoms with Gasteiger partial charge in [0.15, 0.2) is 0 Å². The first-order chi connectivity index (χ1) is 17.1. The average molecular weight is 493 g/mol. The Bertz CT molecular complexity index is 1180. The SMILES string of the molecule is C[C@@H]1CCCN1C(=O)Nc1ccc(-c2ccnc(Nc3ccc(N4CCOCC4)c(Cl)c3)n2)cc1. The van der Waals surface area contributed by atoms with E-state index in [-0.39, 0.29) is 12.1 Å². The van der Waals surface area contributed by atoms with Crippen LogP contribution in [0.4, 0.5) is 27.8 Å². The van der Waals surface area contributed by atoms with Crippen LogP contribution in [0.25, 0.3) is 11.3 Å². The summed E-state index contributed by atoms with van der Waals surface area (Å²) in [6, 6.07) is 15.7. The fourth-order valence-electron chi connectivity index (χ4n) is 4.51. The molecule has 182 valence electrons. The van der Waals surface area contributed by atoms with Crippen molar-refractivity contribution in [1.82, 2.24) is 14.9 Å². The molecule has 5 rings (SSSR count). The fourth-order valence-corrected chi connectivity index (χ4v) is 4.81. The number of carbonyl (C=O) groups excluding carboxylic acids is 1. The lowest BCUT2D eigenvalue weighted by atomic mass is 10.1. The highest BCUT2D eigenvalue weighted by Gasteiger charge is 2.25. The number of carbonyl (C=O) groups is 1. The maximum atomic E-state index is 12.5. The van der Waals surface area contributed by atoms with Crippen molar-refractivity contribution in [2.24, 2.45) is 0 Å². The summed E-state index contributed by atoms with van der Waals surface area (Å²) in [5.74, 6) is 0.484. The van der Waals surface area contributed by atoms with Crippen LogP contribution < -0.4 is 15.5 Å². The summed E-state index contributed by atoms with van der Waals surface area (Å²) in [6.07, 6.45) is 3.83. The quantitative estimate of drug-likeness (QED) is 0.496. The first-order valence-electron chi connectivity index (χ1n) is 12.0. The number of morpholine rings is 1. The molecule has 0 bridgehead atoms. The molecule has 2 N–H and O–H groups in total. The molecule has 8 nitrogen and oxygen atoms in total. The number of likely N-dealkylation sites (tertiary alicyclic amines) is 1. The summed E-state index contributed by atoms with van der Waals surface area (Å²) < 4.78 is 5.43. The Morgan fingerprint density at radius 1 is 1.06 bits per heavy atom. The molecule has 2 aromatic carbocycles. The molecule has 0 unspecified atom stereocenters. The van der Waals surface area contributed by atoms with Gasteiger partial charge in [0.1, 0.15) is 0 Å². The third kappa shape index (κ3) is 5.49. The highest BCUT2D eigenvalue weighted by atomic mass is 35.5. The van der Waals surface area contributed by atoms with Gasteiger partial charge in [0.25, 0.3) is 0 Å². The Morgan fingerprint density at radius 2 is 1.83 bits per heavy atom. The van der Waals surface area contributed by atoms with E-state index in [1.807, 2.05) is 53.4 Å². The normalized spacial score (nSPS) is 17.9. The zero-order valence-electron chi connectivity index (χ0n) is 19.7. The lowest BCUT2D eigenvalue weighted by Gasteiger charge is -2.29. The molecular weight excluding hydrogens is 464 g/mol. The van der Waals surface area contributed by atoms with Crippen LogP contribution in [-0.4, -0.2) is 59.8 Å². The summed E-state index contributed by atoms with van der Waals surface area (Å²) in [4.78, 5) is 25.6. The van der Waals surface area contributed by atoms with E-state index in [0.717, 1.165) is 60.8 Å². The van der Waals surface area contributed by atoms with Crippen LogP contribution in [0.3, 0.4) is 0 Å². The van der Waals surface area contributed by atoms with Gasteiger partial charge in [-0.15, -0.1) is 0 Å². The van der Waals surface area contributed by atoms with Gasteiger partial charge in [-0.25, -0.2) is 14.8 Å². The van der Waals surface area contributed by atoms with Crippen LogP contribution in [0.1, 0.15) is 19.8 Å². The summed E-state index contributed by atoms with van der Waals surface area (Å²) in [7, 11) is 0. The van der Waals surface area contributed by atoms with Crippen molar-refractivity contribution < 1.29 is 9.53 Å². The minimum Gasteiger partial charge on any atom is -0.378 e. The number of ether oxygens (including phenoxy) is 1. The van der Waals surface area contributed by atoms with Crippen molar-refractivity contribution in [2.75, 3.05) is 48.4 Å². The topological polar surface area (TPSA) is 82.6 Å². The number of nitrogens with zero attached hydrogens (tertiary/aromatic N) is 4. The molecule has 3 heterocycles. The van der Waals surface area contributed by atoms with E-state index in [0.29, 0.717) is 24.2 Å². The lowest BCUT2D eigenvalue weighted by Crippen LogP contribution is -2.37. The summed E-state index contributed by atoms with van der Waals surface area (Å²) in [6.45, 7) is 5.98. The zero-order chi connectivity index (χ0) is 24.2. The Morgan fingerprint density at radius 3 is 2.54 bits per heavy atom. The van der Waals surface area contributed by atoms with Crippen molar-refractivity contribution in [3.63, 3.8) is 0 Å². The number of hydrogen-bond acceptors (Lipinski definition) is 6. The van der Waals surface area contributed by atoms with Gasteiger partial charge in [-0.05, 0) is 56.2 Å². The predicted octanol–water partition coefficient (Wildman–Crippen LogP) is 5.39. The Kier molecular flexibility index (Phi) is 7.01. The van der Waals surface area contributed by atoms with Crippen molar-refractivity contribution in [3.05, 3.63) is 59.8 Å². The van der Waals surface area contributed by atoms with Gasteiger partial charge in [0.2, 0.25) is 5.95 Å². The van der Waals surface area contributed by atoms with Crippen molar-refractivity contribution in [1.29, 1.82) is 0 Å². The van der Waals surface area contributed by atoms with Gasteiger partial charge in [0, 0.05) is 48.8 Å². The van der Waals surface area contributed by atoms with E-state index < -0.39 is 0 Å². The Hall–Kier alpha value is -3.36. The second-order valence-corrected chi connectivity index (χ2v) is 9.26. The van der Waals surface area contributed by atoms with Crippen LogP contribution >= 0.6 is 11.6 Å². The molecule has 9 heteroatoms. The van der Waals surface area contributed by atoms with E-state index in [4.69, 9.17) is 16.3 Å². The monoisotopic (exact) mass is 492 g/mol. The van der Waals surface area contributed by atoms with Crippen LogP contribution in [-0.2, 0) is 4.74 Å². The summed E-state index contributed by atoms with van der Waals surface area (Å²) in [5, 5.41) is 6.91. The first kappa shape index (κ1) is 23.4. The molecule has 2 fully saturated rings. The minimum atomic E-state index is -0.0467. The molecule has 2 saturated heterocycles. The Balaban J connectivity index is 1.25. The molecule has 1 aromatic heterocycles. The molecule has 0 radical (unpaired) electrons. The molecular formula is C26H29ClN6O2. The van der Waals surface area contributed by atoms with Crippen LogP contribution in [0.5, 0.6) is 0 Å². The van der Waals surface area contributed by atoms with E-state index >= 15 is 0 Å². The van der Waals surface area contributed by atoms with Crippen molar-refractivity contribution in [3.8, 4) is 11.3 Å². The molecule has 1 atom stereocenters. The third-order valence-corrected chi connectivity index (χ3v) is 6.76. The number of anilines is 4. The lowest BCUT2D eigenvalue weighted by molar-refractivity contribution is 0.122. The van der Waals surface area contributed by atoms with Crippen molar-refractivity contribution in [2.45, 2.75) is 25.8 Å². The number of amides is 2.